The average Bonchev–Trinajstić information content (AvgIpc) is 3.10. The van der Waals surface area contributed by atoms with Gasteiger partial charge in [0, 0.05) is 10.7 Å². The minimum absolute atomic E-state index is 0.288. The van der Waals surface area contributed by atoms with Crippen LogP contribution in [0.3, 0.4) is 0 Å². The van der Waals surface area contributed by atoms with Gasteiger partial charge in [-0.05, 0) is 58.4 Å². The molecule has 0 spiro atoms. The second kappa shape index (κ2) is 7.92. The smallest absolute Gasteiger partial charge is 0.134 e. The number of aromatic nitrogens is 2. The Kier molecular flexibility index (Phi) is 5.18. The highest BCUT2D eigenvalue weighted by molar-refractivity contribution is 9.10. The number of fused-ring (bicyclic) bond motifs is 1. The Morgan fingerprint density at radius 1 is 0.964 bits per heavy atom. The maximum Gasteiger partial charge on any atom is 0.134 e. The summed E-state index contributed by atoms with van der Waals surface area (Å²) in [6.07, 6.45) is 3.42. The molecule has 4 aromatic rings. The first-order valence-electron chi connectivity index (χ1n) is 8.34. The Morgan fingerprint density at radius 3 is 2.32 bits per heavy atom. The van der Waals surface area contributed by atoms with Gasteiger partial charge in [-0.2, -0.15) is 15.3 Å². The zero-order chi connectivity index (χ0) is 19.5. The second-order valence-corrected chi connectivity index (χ2v) is 7.20. The highest BCUT2D eigenvalue weighted by Crippen LogP contribution is 2.26. The fraction of sp³-hybridized carbons (Fsp3) is 0. The zero-order valence-corrected chi connectivity index (χ0v) is 16.8. The maximum absolute atomic E-state index is 6.47. The molecule has 0 unspecified atom stereocenters. The third-order valence-electron chi connectivity index (χ3n) is 3.95. The zero-order valence-electron chi connectivity index (χ0n) is 14.5. The first-order valence-corrected chi connectivity index (χ1v) is 9.51. The average molecular weight is 454 g/mol. The molecule has 138 valence electrons. The highest BCUT2D eigenvalue weighted by Gasteiger charge is 2.11. The normalized spacial score (nSPS) is 12.1. The number of nitrogens with two attached hydrogens (primary N) is 1. The summed E-state index contributed by atoms with van der Waals surface area (Å²) in [7, 11) is 0. The van der Waals surface area contributed by atoms with Crippen LogP contribution in [0.4, 0.5) is 17.1 Å². The van der Waals surface area contributed by atoms with Crippen LogP contribution in [0.15, 0.2) is 92.8 Å². The molecule has 0 saturated heterocycles. The van der Waals surface area contributed by atoms with Gasteiger partial charge >= 0.3 is 0 Å². The number of hydrogen-bond acceptors (Lipinski definition) is 4. The van der Waals surface area contributed by atoms with E-state index < -0.39 is 0 Å². The molecule has 0 atom stereocenters. The van der Waals surface area contributed by atoms with Crippen LogP contribution in [0.5, 0.6) is 0 Å². The van der Waals surface area contributed by atoms with Crippen molar-refractivity contribution in [1.82, 2.24) is 9.61 Å². The van der Waals surface area contributed by atoms with Gasteiger partial charge in [0.05, 0.1) is 39.4 Å². The lowest BCUT2D eigenvalue weighted by atomic mass is 10.2. The van der Waals surface area contributed by atoms with Crippen LogP contribution in [0.25, 0.3) is 5.52 Å². The van der Waals surface area contributed by atoms with Gasteiger partial charge in [-0.15, -0.1) is 0 Å². The van der Waals surface area contributed by atoms with E-state index in [2.05, 4.69) is 36.2 Å². The van der Waals surface area contributed by atoms with Crippen molar-refractivity contribution >= 4 is 55.9 Å². The SMILES string of the molecule is NC(=Nc1ccc(N=Nc2ccccc2)cc1)c1cnn2cc(Br)cc2c1Cl. The monoisotopic (exact) mass is 452 g/mol. The number of aliphatic imine (C=N–C) groups is 1. The van der Waals surface area contributed by atoms with E-state index in [1.54, 1.807) is 10.7 Å². The van der Waals surface area contributed by atoms with Crippen LogP contribution in [0, 0.1) is 0 Å². The van der Waals surface area contributed by atoms with Crippen LogP contribution >= 0.6 is 27.5 Å². The van der Waals surface area contributed by atoms with Gasteiger partial charge in [0.25, 0.3) is 0 Å². The summed E-state index contributed by atoms with van der Waals surface area (Å²) in [6, 6.07) is 18.7. The molecule has 0 bridgehead atoms. The quantitative estimate of drug-likeness (QED) is 0.227. The molecule has 0 aliphatic carbocycles. The summed E-state index contributed by atoms with van der Waals surface area (Å²) in [4.78, 5) is 4.44. The van der Waals surface area contributed by atoms with Crippen molar-refractivity contribution in [2.45, 2.75) is 0 Å². The first kappa shape index (κ1) is 18.3. The molecule has 0 radical (unpaired) electrons. The molecular weight excluding hydrogens is 440 g/mol. The van der Waals surface area contributed by atoms with E-state index in [1.165, 1.54) is 0 Å². The summed E-state index contributed by atoms with van der Waals surface area (Å²) in [5, 5.41) is 13.2. The highest BCUT2D eigenvalue weighted by atomic mass is 79.9. The molecule has 6 nitrogen and oxygen atoms in total. The van der Waals surface area contributed by atoms with E-state index in [9.17, 15) is 0 Å². The number of azo groups is 1. The van der Waals surface area contributed by atoms with Gasteiger partial charge in [-0.25, -0.2) is 9.51 Å². The Hall–Kier alpha value is -3.03. The first-order chi connectivity index (χ1) is 13.6. The standard InChI is InChI=1S/C20H14BrClN6/c21-13-10-18-19(22)17(11-24-28(18)12-13)20(23)25-14-6-8-16(9-7-14)27-26-15-4-2-1-3-5-15/h1-12H,(H2,23,25). The molecule has 4 rings (SSSR count). The number of benzene rings is 2. The van der Waals surface area contributed by atoms with Crippen molar-refractivity contribution in [1.29, 1.82) is 0 Å². The molecule has 0 amide bonds. The molecule has 28 heavy (non-hydrogen) atoms. The lowest BCUT2D eigenvalue weighted by molar-refractivity contribution is 0.937. The number of hydrogen-bond donors (Lipinski definition) is 1. The van der Waals surface area contributed by atoms with E-state index in [1.807, 2.05) is 66.9 Å². The van der Waals surface area contributed by atoms with Gasteiger partial charge < -0.3 is 5.73 Å². The summed E-state index contributed by atoms with van der Waals surface area (Å²) in [5.41, 5.74) is 9.69. The van der Waals surface area contributed by atoms with E-state index in [0.29, 0.717) is 16.3 Å². The van der Waals surface area contributed by atoms with Crippen molar-refractivity contribution in [3.05, 3.63) is 88.1 Å². The van der Waals surface area contributed by atoms with Crippen molar-refractivity contribution in [2.24, 2.45) is 21.0 Å². The molecule has 2 aromatic carbocycles. The minimum atomic E-state index is 0.288. The van der Waals surface area contributed by atoms with Crippen molar-refractivity contribution in [3.8, 4) is 0 Å². The van der Waals surface area contributed by atoms with Gasteiger partial charge in [-0.1, -0.05) is 29.8 Å². The molecular formula is C20H14BrClN6. The fourth-order valence-corrected chi connectivity index (χ4v) is 3.27. The molecule has 0 aliphatic heterocycles. The predicted molar refractivity (Wildman–Crippen MR) is 115 cm³/mol. The van der Waals surface area contributed by atoms with Crippen molar-refractivity contribution in [2.75, 3.05) is 0 Å². The number of amidine groups is 1. The van der Waals surface area contributed by atoms with Gasteiger partial charge in [0.2, 0.25) is 0 Å². The van der Waals surface area contributed by atoms with E-state index in [4.69, 9.17) is 17.3 Å². The van der Waals surface area contributed by atoms with Crippen molar-refractivity contribution in [3.63, 3.8) is 0 Å². The molecule has 2 N–H and O–H groups in total. The van der Waals surface area contributed by atoms with Crippen LogP contribution in [0.1, 0.15) is 5.56 Å². The molecule has 2 heterocycles. The third kappa shape index (κ3) is 3.95. The van der Waals surface area contributed by atoms with Gasteiger partial charge in [0.15, 0.2) is 0 Å². The Balaban J connectivity index is 1.57. The number of rotatable bonds is 4. The summed E-state index contributed by atoms with van der Waals surface area (Å²) >= 11 is 9.88. The van der Waals surface area contributed by atoms with Gasteiger partial charge in [0.1, 0.15) is 5.84 Å². The van der Waals surface area contributed by atoms with E-state index in [0.717, 1.165) is 21.4 Å². The van der Waals surface area contributed by atoms with Crippen LogP contribution in [0.2, 0.25) is 5.02 Å². The number of halogens is 2. The lowest BCUT2D eigenvalue weighted by Gasteiger charge is -2.05. The Bertz CT molecular complexity index is 1180. The van der Waals surface area contributed by atoms with E-state index in [-0.39, 0.29) is 5.84 Å². The lowest BCUT2D eigenvalue weighted by Crippen LogP contribution is -2.14. The minimum Gasteiger partial charge on any atom is -0.383 e. The van der Waals surface area contributed by atoms with Crippen LogP contribution in [-0.2, 0) is 0 Å². The predicted octanol–water partition coefficient (Wildman–Crippen LogP) is 6.20. The largest absolute Gasteiger partial charge is 0.383 e. The molecule has 8 heteroatoms. The van der Waals surface area contributed by atoms with Crippen molar-refractivity contribution < 1.29 is 0 Å². The third-order valence-corrected chi connectivity index (χ3v) is 4.78. The van der Waals surface area contributed by atoms with Crippen LogP contribution in [-0.4, -0.2) is 15.4 Å². The van der Waals surface area contributed by atoms with E-state index >= 15 is 0 Å². The Morgan fingerprint density at radius 2 is 1.61 bits per heavy atom. The summed E-state index contributed by atoms with van der Waals surface area (Å²) in [6.45, 7) is 0. The molecule has 0 aliphatic rings. The summed E-state index contributed by atoms with van der Waals surface area (Å²) < 4.78 is 2.56. The second-order valence-electron chi connectivity index (χ2n) is 5.91. The topological polar surface area (TPSA) is 80.4 Å². The number of nitrogens with zero attached hydrogens (tertiary/aromatic N) is 5. The fourth-order valence-electron chi connectivity index (χ4n) is 2.58. The van der Waals surface area contributed by atoms with Gasteiger partial charge in [-0.3, -0.25) is 0 Å². The molecule has 0 fully saturated rings. The maximum atomic E-state index is 6.47. The molecule has 0 saturated carbocycles. The van der Waals surface area contributed by atoms with Crippen LogP contribution < -0.4 is 5.73 Å². The Labute approximate surface area is 174 Å². The summed E-state index contributed by atoms with van der Waals surface area (Å²) in [5.74, 6) is 0.288. The molecule has 2 aromatic heterocycles.